The summed E-state index contributed by atoms with van der Waals surface area (Å²) in [6.45, 7) is 3.86. The molecule has 7 nitrogen and oxygen atoms in total. The van der Waals surface area contributed by atoms with Gasteiger partial charge in [0.1, 0.15) is 5.76 Å². The van der Waals surface area contributed by atoms with Crippen LogP contribution in [0.1, 0.15) is 35.8 Å². The van der Waals surface area contributed by atoms with E-state index in [1.165, 1.54) is 18.4 Å². The van der Waals surface area contributed by atoms with E-state index >= 15 is 0 Å². The minimum Gasteiger partial charge on any atom is -0.468 e. The molecule has 2 N–H and O–H groups in total. The Labute approximate surface area is 170 Å². The summed E-state index contributed by atoms with van der Waals surface area (Å²) in [6.07, 6.45) is 9.59. The van der Waals surface area contributed by atoms with Crippen molar-refractivity contribution >= 4 is 6.03 Å². The minimum absolute atomic E-state index is 0.0803. The largest absolute Gasteiger partial charge is 0.468 e. The van der Waals surface area contributed by atoms with Crippen LogP contribution in [0.3, 0.4) is 0 Å². The molecular weight excluding hydrogens is 366 g/mol. The Morgan fingerprint density at radius 2 is 2.00 bits per heavy atom. The molecule has 1 aliphatic rings. The average Bonchev–Trinajstić information content (AvgIpc) is 3.50. The Morgan fingerprint density at radius 3 is 2.76 bits per heavy atom. The fourth-order valence-electron chi connectivity index (χ4n) is 3.81. The predicted octanol–water partition coefficient (Wildman–Crippen LogP) is 3.16. The number of nitrogens with zero attached hydrogens (tertiary/aromatic N) is 3. The molecule has 0 aliphatic carbocycles. The average molecular weight is 393 g/mol. The van der Waals surface area contributed by atoms with Crippen LogP contribution in [0.15, 0.2) is 65.8 Å². The highest BCUT2D eigenvalue weighted by molar-refractivity contribution is 5.73. The Balaban J connectivity index is 1.28. The minimum atomic E-state index is -0.166. The van der Waals surface area contributed by atoms with Crippen molar-refractivity contribution in [3.63, 3.8) is 0 Å². The number of carbonyl (C=O) groups is 1. The molecule has 0 spiro atoms. The fraction of sp³-hybridized carbons (Fsp3) is 0.364. The maximum Gasteiger partial charge on any atom is 0.315 e. The molecule has 1 fully saturated rings. The lowest BCUT2D eigenvalue weighted by atomic mass is 10.1. The number of likely N-dealkylation sites (tertiary alicyclic amines) is 1. The first-order valence-corrected chi connectivity index (χ1v) is 10.1. The molecule has 0 bridgehead atoms. The van der Waals surface area contributed by atoms with Gasteiger partial charge in [0.15, 0.2) is 0 Å². The number of furan rings is 1. The van der Waals surface area contributed by atoms with Gasteiger partial charge in [-0.1, -0.05) is 24.3 Å². The topological polar surface area (TPSA) is 75.3 Å². The second kappa shape index (κ2) is 9.43. The molecule has 1 aromatic carbocycles. The number of nitrogens with one attached hydrogen (secondary N) is 2. The number of hydrogen-bond donors (Lipinski definition) is 2. The van der Waals surface area contributed by atoms with Gasteiger partial charge in [-0.3, -0.25) is 4.90 Å². The summed E-state index contributed by atoms with van der Waals surface area (Å²) in [4.78, 5) is 18.8. The number of benzene rings is 1. The SMILES string of the molecule is O=C(NCc1cccc(Cn2ccnc2)c1)NCC(c1ccco1)N1CCCC1. The summed E-state index contributed by atoms with van der Waals surface area (Å²) in [5, 5.41) is 5.96. The van der Waals surface area contributed by atoms with E-state index in [0.717, 1.165) is 31.0 Å². The first-order valence-electron chi connectivity index (χ1n) is 10.1. The number of urea groups is 1. The summed E-state index contributed by atoms with van der Waals surface area (Å²) >= 11 is 0. The Morgan fingerprint density at radius 1 is 1.14 bits per heavy atom. The standard InChI is InChI=1S/C22H27N5O2/c28-22(25-15-20(21-7-4-12-29-21)27-9-1-2-10-27)24-14-18-5-3-6-19(13-18)16-26-11-8-23-17-26/h3-8,11-13,17,20H,1-2,9-10,14-16H2,(H2,24,25,28). The third-order valence-corrected chi connectivity index (χ3v) is 5.28. The highest BCUT2D eigenvalue weighted by atomic mass is 16.3. The van der Waals surface area contributed by atoms with Gasteiger partial charge in [-0.2, -0.15) is 0 Å². The molecule has 1 aliphatic heterocycles. The van der Waals surface area contributed by atoms with Gasteiger partial charge in [0.25, 0.3) is 0 Å². The first-order chi connectivity index (χ1) is 14.3. The number of aromatic nitrogens is 2. The van der Waals surface area contributed by atoms with Crippen molar-refractivity contribution in [2.24, 2.45) is 0 Å². The van der Waals surface area contributed by atoms with Crippen LogP contribution in [0.2, 0.25) is 0 Å². The molecule has 2 aromatic heterocycles. The summed E-state index contributed by atoms with van der Waals surface area (Å²) in [5.74, 6) is 0.902. The van der Waals surface area contributed by atoms with Crippen LogP contribution < -0.4 is 10.6 Å². The van der Waals surface area contributed by atoms with Crippen molar-refractivity contribution < 1.29 is 9.21 Å². The number of amides is 2. The molecule has 1 atom stereocenters. The summed E-state index contributed by atoms with van der Waals surface area (Å²) < 4.78 is 7.63. The molecular formula is C22H27N5O2. The van der Waals surface area contributed by atoms with Crippen molar-refractivity contribution in [3.05, 3.63) is 78.3 Å². The normalized spacial score (nSPS) is 15.3. The Bertz CT molecular complexity index is 886. The van der Waals surface area contributed by atoms with Gasteiger partial charge < -0.3 is 19.6 Å². The van der Waals surface area contributed by atoms with Crippen molar-refractivity contribution in [2.75, 3.05) is 19.6 Å². The Hall–Kier alpha value is -3.06. The smallest absolute Gasteiger partial charge is 0.315 e. The van der Waals surface area contributed by atoms with E-state index in [4.69, 9.17) is 4.42 Å². The van der Waals surface area contributed by atoms with Crippen molar-refractivity contribution in [3.8, 4) is 0 Å². The number of hydrogen-bond acceptors (Lipinski definition) is 4. The molecule has 4 rings (SSSR count). The highest BCUT2D eigenvalue weighted by Gasteiger charge is 2.25. The van der Waals surface area contributed by atoms with Gasteiger partial charge >= 0.3 is 6.03 Å². The fourth-order valence-corrected chi connectivity index (χ4v) is 3.81. The van der Waals surface area contributed by atoms with E-state index in [0.29, 0.717) is 13.1 Å². The predicted molar refractivity (Wildman–Crippen MR) is 110 cm³/mol. The lowest BCUT2D eigenvalue weighted by Gasteiger charge is -2.26. The van der Waals surface area contributed by atoms with E-state index in [2.05, 4.69) is 32.7 Å². The molecule has 3 heterocycles. The van der Waals surface area contributed by atoms with Crippen LogP contribution >= 0.6 is 0 Å². The van der Waals surface area contributed by atoms with E-state index < -0.39 is 0 Å². The summed E-state index contributed by atoms with van der Waals surface area (Å²) in [7, 11) is 0. The molecule has 1 unspecified atom stereocenters. The maximum absolute atomic E-state index is 12.4. The lowest BCUT2D eigenvalue weighted by molar-refractivity contribution is 0.203. The first kappa shape index (κ1) is 19.3. The zero-order valence-electron chi connectivity index (χ0n) is 16.5. The van der Waals surface area contributed by atoms with E-state index in [1.807, 2.05) is 35.0 Å². The molecule has 3 aromatic rings. The van der Waals surface area contributed by atoms with Gasteiger partial charge in [0.2, 0.25) is 0 Å². The van der Waals surface area contributed by atoms with Crippen LogP contribution in [0.4, 0.5) is 4.79 Å². The van der Waals surface area contributed by atoms with Crippen LogP contribution in [-0.4, -0.2) is 40.1 Å². The second-order valence-electron chi connectivity index (χ2n) is 7.39. The number of carbonyl (C=O) groups excluding carboxylic acids is 1. The van der Waals surface area contributed by atoms with E-state index in [9.17, 15) is 4.79 Å². The van der Waals surface area contributed by atoms with Crippen LogP contribution in [0.25, 0.3) is 0 Å². The Kier molecular flexibility index (Phi) is 6.26. The second-order valence-corrected chi connectivity index (χ2v) is 7.39. The molecule has 0 saturated carbocycles. The quantitative estimate of drug-likeness (QED) is 0.616. The van der Waals surface area contributed by atoms with Crippen molar-refractivity contribution in [1.29, 1.82) is 0 Å². The summed E-state index contributed by atoms with van der Waals surface area (Å²) in [5.41, 5.74) is 2.24. The van der Waals surface area contributed by atoms with E-state index in [1.54, 1.807) is 18.8 Å². The zero-order valence-corrected chi connectivity index (χ0v) is 16.5. The third-order valence-electron chi connectivity index (χ3n) is 5.28. The van der Waals surface area contributed by atoms with Gasteiger partial charge in [-0.05, 0) is 49.2 Å². The van der Waals surface area contributed by atoms with Gasteiger partial charge in [-0.15, -0.1) is 0 Å². The number of imidazole rings is 1. The molecule has 1 saturated heterocycles. The van der Waals surface area contributed by atoms with Gasteiger partial charge in [0.05, 0.1) is 18.6 Å². The highest BCUT2D eigenvalue weighted by Crippen LogP contribution is 2.24. The lowest BCUT2D eigenvalue weighted by Crippen LogP contribution is -2.41. The van der Waals surface area contributed by atoms with Gasteiger partial charge in [-0.25, -0.2) is 9.78 Å². The summed E-state index contributed by atoms with van der Waals surface area (Å²) in [6, 6.07) is 12.0. The molecule has 2 amide bonds. The van der Waals surface area contributed by atoms with Crippen LogP contribution in [-0.2, 0) is 13.1 Å². The van der Waals surface area contributed by atoms with Crippen molar-refractivity contribution in [1.82, 2.24) is 25.1 Å². The van der Waals surface area contributed by atoms with Crippen LogP contribution in [0, 0.1) is 0 Å². The molecule has 29 heavy (non-hydrogen) atoms. The zero-order chi connectivity index (χ0) is 19.9. The third kappa shape index (κ3) is 5.26. The van der Waals surface area contributed by atoms with Crippen molar-refractivity contribution in [2.45, 2.75) is 32.0 Å². The number of rotatable bonds is 8. The maximum atomic E-state index is 12.4. The van der Waals surface area contributed by atoms with E-state index in [-0.39, 0.29) is 12.1 Å². The monoisotopic (exact) mass is 393 g/mol. The van der Waals surface area contributed by atoms with Gasteiger partial charge in [0, 0.05) is 32.0 Å². The molecule has 152 valence electrons. The van der Waals surface area contributed by atoms with Crippen LogP contribution in [0.5, 0.6) is 0 Å². The molecule has 7 heteroatoms. The molecule has 0 radical (unpaired) electrons.